The molecule has 2 aromatic rings. The summed E-state index contributed by atoms with van der Waals surface area (Å²) in [6.07, 6.45) is 1.09. The average Bonchev–Trinajstić information content (AvgIpc) is 3.13. The van der Waals surface area contributed by atoms with Crippen molar-refractivity contribution < 1.29 is 24.9 Å². The molecule has 0 saturated carbocycles. The highest BCUT2D eigenvalue weighted by Gasteiger charge is 2.54. The van der Waals surface area contributed by atoms with E-state index < -0.39 is 22.5 Å². The van der Waals surface area contributed by atoms with E-state index in [0.717, 1.165) is 10.8 Å². The topological polar surface area (TPSA) is 115 Å². The monoisotopic (exact) mass is 536 g/mol. The first-order chi connectivity index (χ1) is 17.0. The zero-order chi connectivity index (χ0) is 26.6. The van der Waals surface area contributed by atoms with Crippen LogP contribution in [0.3, 0.4) is 0 Å². The minimum Gasteiger partial charge on any atom is -0.368 e. The second-order valence-corrected chi connectivity index (χ2v) is 11.3. The number of thioether (sulfide) groups is 1. The molecule has 11 heteroatoms. The van der Waals surface area contributed by atoms with E-state index in [0.29, 0.717) is 24.3 Å². The van der Waals surface area contributed by atoms with E-state index in [1.807, 2.05) is 64.1 Å². The van der Waals surface area contributed by atoms with Gasteiger partial charge in [-0.1, -0.05) is 67.5 Å². The number of thiocarbonyl (C=S) groups is 1. The van der Waals surface area contributed by atoms with Crippen LogP contribution in [-0.2, 0) is 9.78 Å². The highest BCUT2D eigenvalue weighted by molar-refractivity contribution is 8.00. The van der Waals surface area contributed by atoms with Crippen LogP contribution in [0.1, 0.15) is 53.9 Å². The second kappa shape index (κ2) is 11.7. The molecule has 0 spiro atoms. The minimum absolute atomic E-state index is 0.0807. The van der Waals surface area contributed by atoms with Gasteiger partial charge in [0, 0.05) is 23.1 Å². The van der Waals surface area contributed by atoms with E-state index in [-0.39, 0.29) is 17.2 Å². The Labute approximate surface area is 221 Å². The van der Waals surface area contributed by atoms with Crippen LogP contribution in [0, 0.1) is 0 Å². The molecule has 3 rings (SSSR count). The van der Waals surface area contributed by atoms with Crippen molar-refractivity contribution in [3.8, 4) is 5.75 Å². The summed E-state index contributed by atoms with van der Waals surface area (Å²) in [5, 5.41) is 28.6. The number of hydroxylamine groups is 1. The van der Waals surface area contributed by atoms with Gasteiger partial charge in [-0.05, 0) is 45.1 Å². The summed E-state index contributed by atoms with van der Waals surface area (Å²) in [7, 11) is 0. The SMILES string of the molecule is CCCC(=O)C1(NC(C)(C)C)CS[C@H](O)N1NC(=S)C(O)(CC)NOOc1cccc2ccccc12. The van der Waals surface area contributed by atoms with Crippen molar-refractivity contribution >= 4 is 45.5 Å². The summed E-state index contributed by atoms with van der Waals surface area (Å²) in [4.78, 5) is 23.9. The summed E-state index contributed by atoms with van der Waals surface area (Å²) >= 11 is 6.72. The van der Waals surface area contributed by atoms with Gasteiger partial charge in [-0.25, -0.2) is 0 Å². The molecule has 1 aliphatic rings. The van der Waals surface area contributed by atoms with Crippen LogP contribution in [0.25, 0.3) is 10.8 Å². The van der Waals surface area contributed by atoms with E-state index in [1.165, 1.54) is 16.8 Å². The molecule has 198 valence electrons. The number of benzene rings is 2. The third-order valence-electron chi connectivity index (χ3n) is 5.79. The van der Waals surface area contributed by atoms with E-state index in [4.69, 9.17) is 22.1 Å². The van der Waals surface area contributed by atoms with Crippen LogP contribution in [0.5, 0.6) is 5.75 Å². The number of ketones is 1. The first-order valence-corrected chi connectivity index (χ1v) is 13.4. The van der Waals surface area contributed by atoms with Crippen LogP contribution in [0.15, 0.2) is 42.5 Å². The summed E-state index contributed by atoms with van der Waals surface area (Å²) in [5.41, 5.74) is 0.806. The number of Topliss-reactive ketones (excluding diaryl/α,β-unsaturated/α-hetero) is 1. The van der Waals surface area contributed by atoms with E-state index in [1.54, 1.807) is 13.0 Å². The van der Waals surface area contributed by atoms with Gasteiger partial charge < -0.3 is 20.5 Å². The van der Waals surface area contributed by atoms with Gasteiger partial charge >= 0.3 is 0 Å². The first-order valence-electron chi connectivity index (χ1n) is 12.0. The van der Waals surface area contributed by atoms with Crippen LogP contribution < -0.4 is 21.1 Å². The first kappa shape index (κ1) is 28.7. The quantitative estimate of drug-likeness (QED) is 0.126. The molecule has 2 aromatic carbocycles. The maximum atomic E-state index is 13.3. The number of carbonyl (C=O) groups excluding carboxylic acids is 1. The van der Waals surface area contributed by atoms with Crippen molar-refractivity contribution in [2.45, 2.75) is 76.4 Å². The summed E-state index contributed by atoms with van der Waals surface area (Å²) in [6, 6.07) is 13.2. The lowest BCUT2D eigenvalue weighted by Crippen LogP contribution is -2.73. The molecule has 9 nitrogen and oxygen atoms in total. The Morgan fingerprint density at radius 3 is 2.58 bits per heavy atom. The highest BCUT2D eigenvalue weighted by atomic mass is 32.2. The van der Waals surface area contributed by atoms with Gasteiger partial charge in [-0.3, -0.25) is 10.1 Å². The van der Waals surface area contributed by atoms with Gasteiger partial charge in [0.2, 0.25) is 0 Å². The number of hydrogen-bond acceptors (Lipinski definition) is 10. The van der Waals surface area contributed by atoms with E-state index in [9.17, 15) is 15.0 Å². The van der Waals surface area contributed by atoms with Crippen molar-refractivity contribution in [3.05, 3.63) is 42.5 Å². The zero-order valence-corrected chi connectivity index (χ0v) is 23.0. The fraction of sp³-hybridized carbons (Fsp3) is 0.520. The number of nitrogens with zero attached hydrogens (tertiary/aromatic N) is 1. The van der Waals surface area contributed by atoms with Crippen molar-refractivity contribution in [1.82, 2.24) is 21.2 Å². The molecule has 1 fully saturated rings. The third kappa shape index (κ3) is 6.35. The van der Waals surface area contributed by atoms with Gasteiger partial charge in [-0.15, -0.1) is 17.2 Å². The van der Waals surface area contributed by atoms with Gasteiger partial charge in [0.05, 0.1) is 0 Å². The number of aliphatic hydroxyl groups excluding tert-OH is 1. The molecule has 2 unspecified atom stereocenters. The molecule has 3 atom stereocenters. The molecule has 1 heterocycles. The number of aliphatic hydroxyl groups is 2. The fourth-order valence-electron chi connectivity index (χ4n) is 4.00. The number of hydrogen-bond donors (Lipinski definition) is 5. The predicted molar refractivity (Wildman–Crippen MR) is 146 cm³/mol. The van der Waals surface area contributed by atoms with Gasteiger partial charge in [0.1, 0.15) is 4.99 Å². The largest absolute Gasteiger partial charge is 0.368 e. The molecule has 0 radical (unpaired) electrons. The average molecular weight is 537 g/mol. The van der Waals surface area contributed by atoms with Crippen LogP contribution >= 0.6 is 24.0 Å². The molecular weight excluding hydrogens is 500 g/mol. The Balaban J connectivity index is 1.76. The summed E-state index contributed by atoms with van der Waals surface area (Å²) in [6.45, 7) is 9.48. The Morgan fingerprint density at radius 2 is 1.92 bits per heavy atom. The maximum Gasteiger partial charge on any atom is 0.193 e. The van der Waals surface area contributed by atoms with Crippen molar-refractivity contribution in [3.63, 3.8) is 0 Å². The molecule has 0 aromatic heterocycles. The predicted octanol–water partition coefficient (Wildman–Crippen LogP) is 3.36. The van der Waals surface area contributed by atoms with Crippen LogP contribution in [0.2, 0.25) is 0 Å². The molecular formula is C25H36N4O5S2. The Kier molecular flexibility index (Phi) is 9.34. The zero-order valence-electron chi connectivity index (χ0n) is 21.3. The Morgan fingerprint density at radius 1 is 1.22 bits per heavy atom. The number of fused-ring (bicyclic) bond motifs is 1. The Bertz CT molecular complexity index is 1080. The molecule has 36 heavy (non-hydrogen) atoms. The molecule has 1 aliphatic heterocycles. The molecule has 1 saturated heterocycles. The van der Waals surface area contributed by atoms with Gasteiger partial charge in [-0.2, -0.15) is 5.01 Å². The van der Waals surface area contributed by atoms with Crippen LogP contribution in [0.4, 0.5) is 0 Å². The number of nitrogens with one attached hydrogen (secondary N) is 3. The maximum absolute atomic E-state index is 13.3. The van der Waals surface area contributed by atoms with E-state index in [2.05, 4.69) is 16.2 Å². The lowest BCUT2D eigenvalue weighted by molar-refractivity contribution is -0.293. The lowest BCUT2D eigenvalue weighted by Gasteiger charge is -2.44. The highest BCUT2D eigenvalue weighted by Crippen LogP contribution is 2.36. The second-order valence-electron chi connectivity index (χ2n) is 9.82. The van der Waals surface area contributed by atoms with E-state index >= 15 is 0 Å². The Hall–Kier alpha value is -1.83. The molecule has 5 N–H and O–H groups in total. The van der Waals surface area contributed by atoms with Crippen molar-refractivity contribution in [2.24, 2.45) is 0 Å². The van der Waals surface area contributed by atoms with Crippen molar-refractivity contribution in [2.75, 3.05) is 5.75 Å². The lowest BCUT2D eigenvalue weighted by atomic mass is 9.97. The standard InChI is InChI=1S/C25H36N4O5S2/c1-6-11-20(30)24(27-23(3,4)5)16-36-22(31)29(24)26-21(35)25(32,7-2)28-34-33-19-15-10-13-17-12-8-9-14-18(17)19/h8-10,12-15,22,27-28,31-32H,6-7,11,16H2,1-5H3,(H,26,35)/t22-,24?,25?/m0/s1. The molecule has 0 amide bonds. The van der Waals surface area contributed by atoms with Crippen LogP contribution in [-0.4, -0.2) is 54.2 Å². The molecule has 0 aliphatic carbocycles. The number of rotatable bonds is 11. The summed E-state index contributed by atoms with van der Waals surface area (Å²) < 4.78 is 0. The third-order valence-corrected chi connectivity index (χ3v) is 7.32. The fourth-order valence-corrected chi connectivity index (χ4v) is 5.43. The number of hydrazine groups is 1. The normalized spacial score (nSPS) is 22.4. The summed E-state index contributed by atoms with van der Waals surface area (Å²) in [5.74, 6) is 0.684. The molecule has 0 bridgehead atoms. The van der Waals surface area contributed by atoms with Gasteiger partial charge in [0.25, 0.3) is 0 Å². The number of carbonyl (C=O) groups is 1. The van der Waals surface area contributed by atoms with Crippen molar-refractivity contribution in [1.29, 1.82) is 0 Å². The minimum atomic E-state index is -1.85. The van der Waals surface area contributed by atoms with Gasteiger partial charge in [0.15, 0.2) is 28.5 Å². The smallest absolute Gasteiger partial charge is 0.193 e.